The molecule has 0 spiro atoms. The summed E-state index contributed by atoms with van der Waals surface area (Å²) in [5, 5.41) is 0.318. The van der Waals surface area contributed by atoms with Crippen LogP contribution >= 0.6 is 11.6 Å². The number of halogens is 1. The second-order valence-electron chi connectivity index (χ2n) is 11.3. The van der Waals surface area contributed by atoms with Crippen molar-refractivity contribution in [1.82, 2.24) is 0 Å². The maximum absolute atomic E-state index is 14.4. The van der Waals surface area contributed by atoms with Crippen molar-refractivity contribution >= 4 is 29.1 Å². The summed E-state index contributed by atoms with van der Waals surface area (Å²) in [4.78, 5) is 39.6. The lowest BCUT2D eigenvalue weighted by Gasteiger charge is -2.28. The Hall–Kier alpha value is -3.74. The van der Waals surface area contributed by atoms with Crippen molar-refractivity contribution in [3.05, 3.63) is 104 Å². The topological polar surface area (TPSA) is 78.9 Å². The van der Waals surface area contributed by atoms with Gasteiger partial charge in [0.2, 0.25) is 0 Å². The molecule has 0 aromatic heterocycles. The summed E-state index contributed by atoms with van der Waals surface area (Å²) in [5.74, 6) is 0.520. The van der Waals surface area contributed by atoms with E-state index in [1.807, 2.05) is 31.2 Å². The number of carbonyl (C=O) groups is 3. The van der Waals surface area contributed by atoms with Gasteiger partial charge in [0, 0.05) is 47.6 Å². The monoisotopic (exact) mass is 584 g/mol. The van der Waals surface area contributed by atoms with E-state index in [2.05, 4.69) is 0 Å². The molecule has 6 rings (SSSR count). The van der Waals surface area contributed by atoms with Gasteiger partial charge in [0.1, 0.15) is 17.3 Å². The van der Waals surface area contributed by atoms with Gasteiger partial charge >= 0.3 is 5.97 Å². The van der Waals surface area contributed by atoms with E-state index < -0.39 is 5.97 Å². The Morgan fingerprint density at radius 1 is 0.952 bits per heavy atom. The van der Waals surface area contributed by atoms with Crippen molar-refractivity contribution in [1.29, 1.82) is 0 Å². The molecule has 1 fully saturated rings. The average molecular weight is 585 g/mol. The summed E-state index contributed by atoms with van der Waals surface area (Å²) >= 11 is 7.12. The highest BCUT2D eigenvalue weighted by molar-refractivity contribution is 6.36. The first-order valence-corrected chi connectivity index (χ1v) is 15.1. The average Bonchev–Trinajstić information content (AvgIpc) is 3.01. The highest BCUT2D eigenvalue weighted by Crippen LogP contribution is 2.46. The second kappa shape index (κ2) is 12.2. The number of hydrogen-bond acceptors (Lipinski definition) is 6. The van der Waals surface area contributed by atoms with Gasteiger partial charge in [0.25, 0.3) is 0 Å². The summed E-state index contributed by atoms with van der Waals surface area (Å²) in [5.41, 5.74) is 3.79. The Kier molecular flexibility index (Phi) is 8.27. The molecule has 1 heterocycles. The van der Waals surface area contributed by atoms with Gasteiger partial charge in [-0.1, -0.05) is 67.3 Å². The number of rotatable bonds is 7. The lowest BCUT2D eigenvalue weighted by atomic mass is 9.86. The lowest BCUT2D eigenvalue weighted by molar-refractivity contribution is -0.115. The summed E-state index contributed by atoms with van der Waals surface area (Å²) in [7, 11) is 0. The number of carbonyl (C=O) groups excluding carboxylic acids is 3. The Bertz CT molecular complexity index is 1600. The van der Waals surface area contributed by atoms with Crippen LogP contribution in [-0.2, 0) is 27.3 Å². The number of ether oxygens (including phenoxy) is 3. The minimum Gasteiger partial charge on any atom is -0.456 e. The molecule has 0 radical (unpaired) electrons. The van der Waals surface area contributed by atoms with Gasteiger partial charge in [-0.05, 0) is 49.4 Å². The van der Waals surface area contributed by atoms with Crippen LogP contribution in [0.5, 0.6) is 11.5 Å². The highest BCUT2D eigenvalue weighted by Gasteiger charge is 2.32. The van der Waals surface area contributed by atoms with Crippen LogP contribution in [0.1, 0.15) is 99.9 Å². The van der Waals surface area contributed by atoms with Gasteiger partial charge in [-0.15, -0.1) is 0 Å². The zero-order chi connectivity index (χ0) is 29.2. The molecule has 6 nitrogen and oxygen atoms in total. The van der Waals surface area contributed by atoms with E-state index in [1.54, 1.807) is 24.3 Å². The van der Waals surface area contributed by atoms with Gasteiger partial charge in [-0.3, -0.25) is 9.59 Å². The third-order valence-corrected chi connectivity index (χ3v) is 8.85. The number of ketones is 2. The molecule has 0 unspecified atom stereocenters. The van der Waals surface area contributed by atoms with Gasteiger partial charge in [-0.2, -0.15) is 0 Å². The largest absolute Gasteiger partial charge is 0.456 e. The minimum atomic E-state index is -0.681. The number of allylic oxidation sites excluding steroid dienone is 2. The molecule has 1 aliphatic heterocycles. The van der Waals surface area contributed by atoms with Crippen molar-refractivity contribution in [3.63, 3.8) is 0 Å². The SMILES string of the molecule is Cc1c(COC2CCCCC2)c(Cl)c(C(=O)c2ccccc2C(=O)OC2=CC(=O)CCC2)c2c1Oc1ccccc1C2. The van der Waals surface area contributed by atoms with Crippen LogP contribution in [-0.4, -0.2) is 23.6 Å². The molecule has 1 saturated carbocycles. The molecule has 216 valence electrons. The van der Waals surface area contributed by atoms with Gasteiger partial charge in [0.05, 0.1) is 23.3 Å². The zero-order valence-electron chi connectivity index (χ0n) is 23.7. The maximum atomic E-state index is 14.4. The van der Waals surface area contributed by atoms with Crippen LogP contribution in [0.2, 0.25) is 5.02 Å². The summed E-state index contributed by atoms with van der Waals surface area (Å²) in [6.45, 7) is 2.22. The minimum absolute atomic E-state index is 0.0743. The van der Waals surface area contributed by atoms with Crippen molar-refractivity contribution in [3.8, 4) is 11.5 Å². The molecule has 3 aromatic rings. The maximum Gasteiger partial charge on any atom is 0.343 e. The number of esters is 1. The fourth-order valence-electron chi connectivity index (χ4n) is 6.13. The second-order valence-corrected chi connectivity index (χ2v) is 11.6. The zero-order valence-corrected chi connectivity index (χ0v) is 24.4. The molecule has 0 bridgehead atoms. The molecule has 7 heteroatoms. The van der Waals surface area contributed by atoms with Crippen LogP contribution in [0.3, 0.4) is 0 Å². The fourth-order valence-corrected chi connectivity index (χ4v) is 6.53. The van der Waals surface area contributed by atoms with Crippen LogP contribution in [0.25, 0.3) is 0 Å². The van der Waals surface area contributed by atoms with E-state index in [0.29, 0.717) is 53.3 Å². The normalized spacial score (nSPS) is 16.6. The van der Waals surface area contributed by atoms with E-state index in [0.717, 1.165) is 48.1 Å². The van der Waals surface area contributed by atoms with Crippen LogP contribution in [0.15, 0.2) is 60.4 Å². The van der Waals surface area contributed by atoms with E-state index in [4.69, 9.17) is 25.8 Å². The smallest absolute Gasteiger partial charge is 0.343 e. The Balaban J connectivity index is 1.41. The van der Waals surface area contributed by atoms with Crippen LogP contribution in [0, 0.1) is 6.92 Å². The molecule has 2 aliphatic carbocycles. The number of para-hydroxylation sites is 1. The molecule has 0 saturated heterocycles. The first-order chi connectivity index (χ1) is 20.4. The van der Waals surface area contributed by atoms with Gasteiger partial charge < -0.3 is 14.2 Å². The van der Waals surface area contributed by atoms with E-state index in [1.165, 1.54) is 12.5 Å². The summed E-state index contributed by atoms with van der Waals surface area (Å²) in [6, 6.07) is 14.3. The standard InChI is InChI=1S/C35H33ClO6/c1-21-29(20-40-24-12-3-2-4-13-24)32(36)31(28-18-22-10-5-8-17-30(22)42-34(21)28)33(38)26-15-6-7-16-27(26)35(39)41-25-14-9-11-23(37)19-25/h5-8,10,15-17,19,24H,2-4,9,11-14,18,20H2,1H3. The molecule has 3 aromatic carbocycles. The molecular weight excluding hydrogens is 552 g/mol. The van der Waals surface area contributed by atoms with Crippen molar-refractivity contribution in [2.45, 2.75) is 77.4 Å². The predicted octanol–water partition coefficient (Wildman–Crippen LogP) is 8.22. The molecule has 0 atom stereocenters. The van der Waals surface area contributed by atoms with Crippen molar-refractivity contribution in [2.24, 2.45) is 0 Å². The Morgan fingerprint density at radius 3 is 2.48 bits per heavy atom. The van der Waals surface area contributed by atoms with E-state index in [-0.39, 0.29) is 35.4 Å². The fraction of sp³-hybridized carbons (Fsp3) is 0.343. The quantitative estimate of drug-likeness (QED) is 0.161. The molecule has 0 amide bonds. The highest BCUT2D eigenvalue weighted by atomic mass is 35.5. The van der Waals surface area contributed by atoms with E-state index in [9.17, 15) is 14.4 Å². The first kappa shape index (κ1) is 28.4. The summed E-state index contributed by atoms with van der Waals surface area (Å²) in [6.07, 6.45) is 9.05. The number of fused-ring (bicyclic) bond motifs is 2. The third-order valence-electron chi connectivity index (χ3n) is 8.43. The van der Waals surface area contributed by atoms with Gasteiger partial charge in [-0.25, -0.2) is 4.79 Å². The Labute approximate surface area is 250 Å². The van der Waals surface area contributed by atoms with Crippen molar-refractivity contribution in [2.75, 3.05) is 0 Å². The van der Waals surface area contributed by atoms with Crippen molar-refractivity contribution < 1.29 is 28.6 Å². The van der Waals surface area contributed by atoms with Gasteiger partial charge in [0.15, 0.2) is 11.6 Å². The third kappa shape index (κ3) is 5.66. The molecule has 3 aliphatic rings. The van der Waals surface area contributed by atoms with E-state index >= 15 is 0 Å². The van der Waals surface area contributed by atoms with Crippen LogP contribution < -0.4 is 4.74 Å². The summed E-state index contributed by atoms with van der Waals surface area (Å²) < 4.78 is 18.3. The molecular formula is C35H33ClO6. The number of hydrogen-bond donors (Lipinski definition) is 0. The lowest BCUT2D eigenvalue weighted by Crippen LogP contribution is -2.20. The van der Waals surface area contributed by atoms with Crippen LogP contribution in [0.4, 0.5) is 0 Å². The first-order valence-electron chi connectivity index (χ1n) is 14.7. The Morgan fingerprint density at radius 2 is 1.69 bits per heavy atom. The molecule has 0 N–H and O–H groups in total. The molecule has 42 heavy (non-hydrogen) atoms. The predicted molar refractivity (Wildman–Crippen MR) is 159 cm³/mol. The number of benzene rings is 3.